The van der Waals surface area contributed by atoms with Gasteiger partial charge in [-0.1, -0.05) is 24.3 Å². The van der Waals surface area contributed by atoms with Crippen molar-refractivity contribution in [2.24, 2.45) is 0 Å². The summed E-state index contributed by atoms with van der Waals surface area (Å²) in [4.78, 5) is 25.7. The Morgan fingerprint density at radius 1 is 1.06 bits per heavy atom. The lowest BCUT2D eigenvalue weighted by molar-refractivity contribution is -0.119. The summed E-state index contributed by atoms with van der Waals surface area (Å²) >= 11 is 1.59. The van der Waals surface area contributed by atoms with Crippen molar-refractivity contribution in [1.29, 1.82) is 0 Å². The molecule has 9 heteroatoms. The number of rotatable bonds is 7. The normalized spacial score (nSPS) is 15.0. The van der Waals surface area contributed by atoms with Crippen molar-refractivity contribution >= 4 is 45.0 Å². The zero-order valence-electron chi connectivity index (χ0n) is 18.7. The first kappa shape index (κ1) is 23.8. The van der Waals surface area contributed by atoms with Crippen LogP contribution in [0, 0.1) is 0 Å². The van der Waals surface area contributed by atoms with Crippen LogP contribution >= 0.6 is 11.8 Å². The van der Waals surface area contributed by atoms with Crippen LogP contribution < -0.4 is 9.62 Å². The highest BCUT2D eigenvalue weighted by atomic mass is 32.2. The topological polar surface area (TPSA) is 92.8 Å². The molecule has 0 radical (unpaired) electrons. The van der Waals surface area contributed by atoms with Crippen LogP contribution in [-0.4, -0.2) is 39.2 Å². The van der Waals surface area contributed by atoms with Crippen molar-refractivity contribution in [2.75, 3.05) is 22.5 Å². The number of anilines is 2. The van der Waals surface area contributed by atoms with Gasteiger partial charge in [0, 0.05) is 16.6 Å². The number of para-hydroxylation sites is 1. The number of carbonyl (C=O) groups excluding carboxylic acids is 2. The molecular weight excluding hydrogens is 472 g/mol. The lowest BCUT2D eigenvalue weighted by atomic mass is 10.1. The number of esters is 1. The molecule has 0 spiro atoms. The Balaban J connectivity index is 1.44. The summed E-state index contributed by atoms with van der Waals surface area (Å²) in [5, 5.41) is 2.66. The molecule has 1 unspecified atom stereocenters. The first-order valence-corrected chi connectivity index (χ1v) is 13.3. The van der Waals surface area contributed by atoms with Crippen molar-refractivity contribution in [3.05, 3.63) is 83.9 Å². The van der Waals surface area contributed by atoms with E-state index in [2.05, 4.69) is 5.32 Å². The standard InChI is InChI=1S/C25H24N2O5S2/c1-17-14-18-6-3-4-9-23(18)27(17)34(30,31)22-8-5-7-19(15-22)25(29)32-16-24(28)26-20-10-12-21(33-2)13-11-20/h3-13,15,17H,14,16H2,1-2H3,(H,26,28). The van der Waals surface area contributed by atoms with Gasteiger partial charge in [0.15, 0.2) is 6.61 Å². The highest BCUT2D eigenvalue weighted by Crippen LogP contribution is 2.36. The molecule has 3 aromatic rings. The summed E-state index contributed by atoms with van der Waals surface area (Å²) in [5.41, 5.74) is 2.25. The SMILES string of the molecule is CSc1ccc(NC(=O)COC(=O)c2cccc(S(=O)(=O)N3c4ccccc4CC3C)c2)cc1. The molecule has 0 aromatic heterocycles. The molecule has 3 aromatic carbocycles. The molecule has 0 aliphatic carbocycles. The Morgan fingerprint density at radius 3 is 2.53 bits per heavy atom. The molecule has 34 heavy (non-hydrogen) atoms. The van der Waals surface area contributed by atoms with Crippen LogP contribution in [-0.2, 0) is 26.0 Å². The van der Waals surface area contributed by atoms with Gasteiger partial charge in [-0.05, 0) is 73.7 Å². The van der Waals surface area contributed by atoms with Gasteiger partial charge in [0.25, 0.3) is 15.9 Å². The maximum Gasteiger partial charge on any atom is 0.338 e. The smallest absolute Gasteiger partial charge is 0.338 e. The van der Waals surface area contributed by atoms with Gasteiger partial charge < -0.3 is 10.1 Å². The molecule has 0 fully saturated rings. The summed E-state index contributed by atoms with van der Waals surface area (Å²) in [6.45, 7) is 1.36. The van der Waals surface area contributed by atoms with Crippen molar-refractivity contribution in [2.45, 2.75) is 29.2 Å². The van der Waals surface area contributed by atoms with E-state index in [0.717, 1.165) is 10.5 Å². The predicted octanol–water partition coefficient (Wildman–Crippen LogP) is 4.34. The third-order valence-corrected chi connectivity index (χ3v) is 8.15. The largest absolute Gasteiger partial charge is 0.452 e. The molecule has 1 heterocycles. The molecule has 1 aliphatic rings. The number of ether oxygens (including phenoxy) is 1. The van der Waals surface area contributed by atoms with Crippen LogP contribution in [0.15, 0.2) is 82.6 Å². The predicted molar refractivity (Wildman–Crippen MR) is 133 cm³/mol. The van der Waals surface area contributed by atoms with Gasteiger partial charge in [-0.2, -0.15) is 0 Å². The Hall–Kier alpha value is -3.30. The van der Waals surface area contributed by atoms with E-state index >= 15 is 0 Å². The Kier molecular flexibility index (Phi) is 6.95. The second-order valence-electron chi connectivity index (χ2n) is 7.86. The van der Waals surface area contributed by atoms with Crippen molar-refractivity contribution < 1.29 is 22.7 Å². The van der Waals surface area contributed by atoms with Crippen LogP contribution in [0.25, 0.3) is 0 Å². The summed E-state index contributed by atoms with van der Waals surface area (Å²) < 4.78 is 33.3. The second-order valence-corrected chi connectivity index (χ2v) is 10.6. The first-order chi connectivity index (χ1) is 16.3. The Morgan fingerprint density at radius 2 is 1.79 bits per heavy atom. The molecule has 0 saturated carbocycles. The van der Waals surface area contributed by atoms with Gasteiger partial charge in [-0.25, -0.2) is 13.2 Å². The number of hydrogen-bond donors (Lipinski definition) is 1. The number of sulfonamides is 1. The Bertz CT molecular complexity index is 1320. The van der Waals surface area contributed by atoms with E-state index in [-0.39, 0.29) is 16.5 Å². The summed E-state index contributed by atoms with van der Waals surface area (Å²) in [7, 11) is -3.89. The fourth-order valence-electron chi connectivity index (χ4n) is 3.89. The van der Waals surface area contributed by atoms with Crippen molar-refractivity contribution in [1.82, 2.24) is 0 Å². The van der Waals surface area contributed by atoms with E-state index in [1.165, 1.54) is 28.6 Å². The number of nitrogens with one attached hydrogen (secondary N) is 1. The third kappa shape index (κ3) is 4.95. The fraction of sp³-hybridized carbons (Fsp3) is 0.200. The maximum atomic E-state index is 13.4. The molecule has 1 N–H and O–H groups in total. The fourth-order valence-corrected chi connectivity index (χ4v) is 6.03. The minimum atomic E-state index is -3.89. The van der Waals surface area contributed by atoms with E-state index in [4.69, 9.17) is 4.74 Å². The summed E-state index contributed by atoms with van der Waals surface area (Å²) in [5.74, 6) is -1.27. The molecule has 1 aliphatic heterocycles. The summed E-state index contributed by atoms with van der Waals surface area (Å²) in [6, 6.07) is 20.1. The third-order valence-electron chi connectivity index (χ3n) is 5.48. The average Bonchev–Trinajstić information content (AvgIpc) is 3.19. The van der Waals surface area contributed by atoms with E-state index in [1.54, 1.807) is 36.0 Å². The van der Waals surface area contributed by atoms with Gasteiger partial charge in [0.2, 0.25) is 0 Å². The van der Waals surface area contributed by atoms with Gasteiger partial charge in [0.05, 0.1) is 16.1 Å². The Labute approximate surface area is 203 Å². The molecule has 7 nitrogen and oxygen atoms in total. The number of fused-ring (bicyclic) bond motifs is 1. The molecule has 0 saturated heterocycles. The average molecular weight is 497 g/mol. The van der Waals surface area contributed by atoms with Crippen LogP contribution in [0.5, 0.6) is 0 Å². The van der Waals surface area contributed by atoms with Gasteiger partial charge in [-0.15, -0.1) is 11.8 Å². The molecule has 0 bridgehead atoms. The van der Waals surface area contributed by atoms with Crippen LogP contribution in [0.2, 0.25) is 0 Å². The van der Waals surface area contributed by atoms with Crippen molar-refractivity contribution in [3.8, 4) is 0 Å². The van der Waals surface area contributed by atoms with Crippen LogP contribution in [0.1, 0.15) is 22.8 Å². The van der Waals surface area contributed by atoms with E-state index < -0.39 is 28.5 Å². The van der Waals surface area contributed by atoms with Gasteiger partial charge in [-0.3, -0.25) is 9.10 Å². The van der Waals surface area contributed by atoms with Crippen molar-refractivity contribution in [3.63, 3.8) is 0 Å². The van der Waals surface area contributed by atoms with Crippen LogP contribution in [0.3, 0.4) is 0 Å². The molecular formula is C25H24N2O5S2. The number of carbonyl (C=O) groups is 2. The van der Waals surface area contributed by atoms with Gasteiger partial charge in [0.1, 0.15) is 0 Å². The lowest BCUT2D eigenvalue weighted by Crippen LogP contribution is -2.35. The van der Waals surface area contributed by atoms with Gasteiger partial charge >= 0.3 is 5.97 Å². The second kappa shape index (κ2) is 9.90. The van der Waals surface area contributed by atoms with E-state index in [0.29, 0.717) is 17.8 Å². The van der Waals surface area contributed by atoms with Crippen LogP contribution in [0.4, 0.5) is 11.4 Å². The summed E-state index contributed by atoms with van der Waals surface area (Å²) in [6.07, 6.45) is 2.57. The maximum absolute atomic E-state index is 13.4. The highest BCUT2D eigenvalue weighted by Gasteiger charge is 2.36. The van der Waals surface area contributed by atoms with E-state index in [9.17, 15) is 18.0 Å². The lowest BCUT2D eigenvalue weighted by Gasteiger charge is -2.24. The monoisotopic (exact) mass is 496 g/mol. The minimum Gasteiger partial charge on any atom is -0.452 e. The molecule has 176 valence electrons. The first-order valence-electron chi connectivity index (χ1n) is 10.6. The molecule has 1 amide bonds. The minimum absolute atomic E-state index is 0.0103. The number of thioether (sulfide) groups is 1. The quantitative estimate of drug-likeness (QED) is 0.386. The zero-order chi connectivity index (χ0) is 24.3. The zero-order valence-corrected chi connectivity index (χ0v) is 20.4. The highest BCUT2D eigenvalue weighted by molar-refractivity contribution is 7.98. The number of nitrogens with zero attached hydrogens (tertiary/aromatic N) is 1. The molecule has 4 rings (SSSR count). The van der Waals surface area contributed by atoms with E-state index in [1.807, 2.05) is 37.4 Å². The number of hydrogen-bond acceptors (Lipinski definition) is 6. The number of benzene rings is 3. The number of amides is 1. The molecule has 1 atom stereocenters.